The number of rotatable bonds is 4. The number of carbonyl (C=O) groups is 2. The lowest BCUT2D eigenvalue weighted by Crippen LogP contribution is -2.32. The molecule has 1 amide bonds. The van der Waals surface area contributed by atoms with Crippen molar-refractivity contribution in [3.8, 4) is 0 Å². The van der Waals surface area contributed by atoms with E-state index >= 15 is 0 Å². The van der Waals surface area contributed by atoms with Gasteiger partial charge in [0.05, 0.1) is 5.69 Å². The maximum Gasteiger partial charge on any atom is 0.255 e. The summed E-state index contributed by atoms with van der Waals surface area (Å²) < 4.78 is 0. The van der Waals surface area contributed by atoms with Crippen LogP contribution in [0.1, 0.15) is 12.8 Å². The third-order valence-electron chi connectivity index (χ3n) is 2.67. The summed E-state index contributed by atoms with van der Waals surface area (Å²) in [5.41, 5.74) is 0.677. The third-order valence-corrected chi connectivity index (χ3v) is 2.97. The van der Waals surface area contributed by atoms with E-state index in [0.717, 1.165) is 0 Å². The Morgan fingerprint density at radius 1 is 1.39 bits per heavy atom. The molecule has 1 N–H and O–H groups in total. The average Bonchev–Trinajstić information content (AvgIpc) is 2.63. The third kappa shape index (κ3) is 2.48. The fourth-order valence-corrected chi connectivity index (χ4v) is 2.15. The zero-order valence-corrected chi connectivity index (χ0v) is 10.3. The van der Waals surface area contributed by atoms with Crippen LogP contribution in [0.15, 0.2) is 30.3 Å². The van der Waals surface area contributed by atoms with Gasteiger partial charge in [-0.3, -0.25) is 9.69 Å². The second-order valence-electron chi connectivity index (χ2n) is 3.92. The van der Waals surface area contributed by atoms with Gasteiger partial charge in [-0.2, -0.15) is 0 Å². The van der Waals surface area contributed by atoms with Crippen LogP contribution < -0.4 is 15.3 Å². The monoisotopic (exact) mass is 263 g/mol. The number of nitrogens with one attached hydrogen (secondary N) is 1. The number of hydrogen-bond acceptors (Lipinski definition) is 4. The zero-order chi connectivity index (χ0) is 13.1. The van der Waals surface area contributed by atoms with E-state index in [2.05, 4.69) is 5.32 Å². The van der Waals surface area contributed by atoms with E-state index in [1.54, 1.807) is 24.3 Å². The van der Waals surface area contributed by atoms with Crippen molar-refractivity contribution < 1.29 is 14.7 Å². The van der Waals surface area contributed by atoms with Gasteiger partial charge >= 0.3 is 0 Å². The summed E-state index contributed by atoms with van der Waals surface area (Å²) in [5.74, 6) is -1.40. The molecule has 18 heavy (non-hydrogen) atoms. The number of carboxylic acid groups (broad SMARTS) is 1. The van der Waals surface area contributed by atoms with E-state index in [1.807, 2.05) is 6.07 Å². The highest BCUT2D eigenvalue weighted by molar-refractivity contribution is 7.80. The molecule has 1 aromatic rings. The Bertz CT molecular complexity index is 489. The standard InChI is InChI=1S/C12H12N2O3S/c15-10(16)7-6-9-11(17)14(12(18)13-9)8-4-2-1-3-5-8/h1-5,9H,6-7H2,(H,13,18)(H,15,16)/p-1. The number of anilines is 1. The Morgan fingerprint density at radius 2 is 2.06 bits per heavy atom. The molecule has 5 nitrogen and oxygen atoms in total. The number of carboxylic acids is 1. The molecule has 1 unspecified atom stereocenters. The number of thiocarbonyl (C=S) groups is 1. The van der Waals surface area contributed by atoms with Crippen molar-refractivity contribution in [2.24, 2.45) is 0 Å². The fraction of sp³-hybridized carbons (Fsp3) is 0.250. The normalized spacial score (nSPS) is 18.9. The highest BCUT2D eigenvalue weighted by Crippen LogP contribution is 2.20. The Kier molecular flexibility index (Phi) is 3.57. The minimum atomic E-state index is -1.17. The summed E-state index contributed by atoms with van der Waals surface area (Å²) in [7, 11) is 0. The topological polar surface area (TPSA) is 72.5 Å². The SMILES string of the molecule is O=C([O-])CCC1NC(=S)N(c2ccccc2)C1=O. The second-order valence-corrected chi connectivity index (χ2v) is 4.31. The van der Waals surface area contributed by atoms with E-state index in [-0.39, 0.29) is 18.7 Å². The molecular weight excluding hydrogens is 252 g/mol. The van der Waals surface area contributed by atoms with Crippen molar-refractivity contribution in [2.75, 3.05) is 4.90 Å². The van der Waals surface area contributed by atoms with Gasteiger partial charge in [-0.15, -0.1) is 0 Å². The molecule has 0 aliphatic carbocycles. The van der Waals surface area contributed by atoms with Crippen LogP contribution in [0, 0.1) is 0 Å². The van der Waals surface area contributed by atoms with E-state index in [0.29, 0.717) is 10.8 Å². The van der Waals surface area contributed by atoms with Crippen LogP contribution >= 0.6 is 12.2 Å². The first kappa shape index (κ1) is 12.5. The quantitative estimate of drug-likeness (QED) is 0.762. The van der Waals surface area contributed by atoms with Crippen LogP contribution in [0.2, 0.25) is 0 Å². The molecule has 1 fully saturated rings. The Hall–Kier alpha value is -1.95. The molecule has 0 aromatic heterocycles. The van der Waals surface area contributed by atoms with Crippen LogP contribution in [-0.2, 0) is 9.59 Å². The molecule has 94 valence electrons. The smallest absolute Gasteiger partial charge is 0.255 e. The molecule has 1 saturated heterocycles. The van der Waals surface area contributed by atoms with Gasteiger partial charge in [-0.05, 0) is 37.2 Å². The summed E-state index contributed by atoms with van der Waals surface area (Å²) in [6, 6.07) is 8.41. The molecule has 0 spiro atoms. The van der Waals surface area contributed by atoms with E-state index in [1.165, 1.54) is 4.90 Å². The molecule has 1 aliphatic rings. The van der Waals surface area contributed by atoms with Crippen LogP contribution in [0.3, 0.4) is 0 Å². The molecule has 1 aliphatic heterocycles. The number of hydrogen-bond donors (Lipinski definition) is 1. The van der Waals surface area contributed by atoms with Crippen molar-refractivity contribution in [1.29, 1.82) is 0 Å². The van der Waals surface area contributed by atoms with Gasteiger partial charge in [0.15, 0.2) is 5.11 Å². The summed E-state index contributed by atoms with van der Waals surface area (Å²) in [5, 5.41) is 13.5. The predicted molar refractivity (Wildman–Crippen MR) is 67.7 cm³/mol. The average molecular weight is 263 g/mol. The van der Waals surface area contributed by atoms with Gasteiger partial charge < -0.3 is 15.2 Å². The lowest BCUT2D eigenvalue weighted by Gasteiger charge is -2.14. The summed E-state index contributed by atoms with van der Waals surface area (Å²) >= 11 is 5.09. The second kappa shape index (κ2) is 5.14. The van der Waals surface area contributed by atoms with Crippen molar-refractivity contribution in [3.05, 3.63) is 30.3 Å². The predicted octanol–water partition coefficient (Wildman–Crippen LogP) is -0.194. The van der Waals surface area contributed by atoms with Gasteiger partial charge in [0.25, 0.3) is 5.91 Å². The number of benzene rings is 1. The molecule has 0 radical (unpaired) electrons. The van der Waals surface area contributed by atoms with Crippen LogP contribution in [0.25, 0.3) is 0 Å². The number of amides is 1. The molecule has 0 saturated carbocycles. The Labute approximate surface area is 109 Å². The Balaban J connectivity index is 2.12. The summed E-state index contributed by atoms with van der Waals surface area (Å²) in [6.45, 7) is 0. The van der Waals surface area contributed by atoms with Crippen LogP contribution in [-0.4, -0.2) is 23.0 Å². The Morgan fingerprint density at radius 3 is 2.67 bits per heavy atom. The number of carbonyl (C=O) groups excluding carboxylic acids is 2. The number of aliphatic carboxylic acids is 1. The first-order valence-corrected chi connectivity index (χ1v) is 5.90. The maximum atomic E-state index is 12.1. The molecule has 1 aromatic carbocycles. The lowest BCUT2D eigenvalue weighted by molar-refractivity contribution is -0.305. The summed E-state index contributed by atoms with van der Waals surface area (Å²) in [4.78, 5) is 23.9. The first-order chi connectivity index (χ1) is 8.59. The van der Waals surface area contributed by atoms with E-state index in [4.69, 9.17) is 12.2 Å². The molecular formula is C12H11N2O3S-. The van der Waals surface area contributed by atoms with E-state index in [9.17, 15) is 14.7 Å². The first-order valence-electron chi connectivity index (χ1n) is 5.49. The molecule has 1 heterocycles. The molecule has 2 rings (SSSR count). The minimum absolute atomic E-state index is 0.171. The van der Waals surface area contributed by atoms with Gasteiger partial charge in [0, 0.05) is 5.97 Å². The number of nitrogens with zero attached hydrogens (tertiary/aromatic N) is 1. The number of para-hydroxylation sites is 1. The molecule has 6 heteroatoms. The largest absolute Gasteiger partial charge is 0.550 e. The fourth-order valence-electron chi connectivity index (χ4n) is 1.81. The van der Waals surface area contributed by atoms with Gasteiger partial charge in [-0.25, -0.2) is 0 Å². The highest BCUT2D eigenvalue weighted by atomic mass is 32.1. The zero-order valence-electron chi connectivity index (χ0n) is 9.46. The van der Waals surface area contributed by atoms with Crippen molar-refractivity contribution >= 4 is 34.9 Å². The molecule has 1 atom stereocenters. The van der Waals surface area contributed by atoms with Gasteiger partial charge in [-0.1, -0.05) is 18.2 Å². The van der Waals surface area contributed by atoms with E-state index < -0.39 is 12.0 Å². The van der Waals surface area contributed by atoms with Crippen molar-refractivity contribution in [1.82, 2.24) is 5.32 Å². The molecule has 0 bridgehead atoms. The van der Waals surface area contributed by atoms with Gasteiger partial charge in [0.1, 0.15) is 6.04 Å². The minimum Gasteiger partial charge on any atom is -0.550 e. The lowest BCUT2D eigenvalue weighted by atomic mass is 10.1. The summed E-state index contributed by atoms with van der Waals surface area (Å²) in [6.07, 6.45) is -0.000704. The van der Waals surface area contributed by atoms with Crippen molar-refractivity contribution in [3.63, 3.8) is 0 Å². The van der Waals surface area contributed by atoms with Gasteiger partial charge in [0.2, 0.25) is 0 Å². The van der Waals surface area contributed by atoms with Crippen LogP contribution in [0.5, 0.6) is 0 Å². The van der Waals surface area contributed by atoms with Crippen LogP contribution in [0.4, 0.5) is 5.69 Å². The van der Waals surface area contributed by atoms with Crippen molar-refractivity contribution in [2.45, 2.75) is 18.9 Å². The highest BCUT2D eigenvalue weighted by Gasteiger charge is 2.35. The maximum absolute atomic E-state index is 12.1.